The van der Waals surface area contributed by atoms with E-state index in [0.29, 0.717) is 36.8 Å². The summed E-state index contributed by atoms with van der Waals surface area (Å²) in [6.07, 6.45) is 9.39. The van der Waals surface area contributed by atoms with Gasteiger partial charge in [0, 0.05) is 32.4 Å². The highest BCUT2D eigenvalue weighted by atomic mass is 16.5. The molecular weight excluding hydrogens is 430 g/mol. The lowest BCUT2D eigenvalue weighted by molar-refractivity contribution is 0.340. The van der Waals surface area contributed by atoms with Crippen molar-refractivity contribution in [3.05, 3.63) is 45.1 Å². The van der Waals surface area contributed by atoms with Gasteiger partial charge in [-0.25, -0.2) is 4.79 Å². The van der Waals surface area contributed by atoms with Crippen LogP contribution in [0.25, 0.3) is 11.2 Å². The Bertz CT molecular complexity index is 1220. The summed E-state index contributed by atoms with van der Waals surface area (Å²) in [6.45, 7) is 6.65. The van der Waals surface area contributed by atoms with Crippen molar-refractivity contribution in [3.63, 3.8) is 0 Å². The molecule has 0 unspecified atom stereocenters. The zero-order chi connectivity index (χ0) is 24.1. The third-order valence-electron chi connectivity index (χ3n) is 6.70. The zero-order valence-corrected chi connectivity index (χ0v) is 20.8. The van der Waals surface area contributed by atoms with Crippen LogP contribution >= 0.6 is 0 Å². The number of nitrogens with zero attached hydrogens (tertiary/aromatic N) is 5. The summed E-state index contributed by atoms with van der Waals surface area (Å²) in [4.78, 5) is 33.2. The SMILES string of the molecule is CCCCCCCCCCn1c(=O)c2c(nc3n2CCN3c2ccc(OCC)cc2)n(C)c1=O. The van der Waals surface area contributed by atoms with E-state index in [1.54, 1.807) is 7.05 Å². The molecule has 2 aromatic heterocycles. The first kappa shape index (κ1) is 24.1. The number of rotatable bonds is 12. The molecule has 0 atom stereocenters. The highest BCUT2D eigenvalue weighted by molar-refractivity contribution is 5.77. The normalized spacial score (nSPS) is 13.1. The van der Waals surface area contributed by atoms with Crippen molar-refractivity contribution in [1.29, 1.82) is 0 Å². The number of aryl methyl sites for hydroxylation is 1. The molecule has 8 nitrogen and oxygen atoms in total. The van der Waals surface area contributed by atoms with E-state index >= 15 is 0 Å². The van der Waals surface area contributed by atoms with E-state index in [0.717, 1.165) is 37.2 Å². The van der Waals surface area contributed by atoms with Crippen molar-refractivity contribution >= 4 is 22.8 Å². The van der Waals surface area contributed by atoms with Crippen LogP contribution in [0.4, 0.5) is 11.6 Å². The van der Waals surface area contributed by atoms with Crippen molar-refractivity contribution < 1.29 is 4.74 Å². The van der Waals surface area contributed by atoms with Crippen LogP contribution in [-0.4, -0.2) is 31.8 Å². The second-order valence-corrected chi connectivity index (χ2v) is 9.09. The van der Waals surface area contributed by atoms with Crippen molar-refractivity contribution in [1.82, 2.24) is 18.7 Å². The molecule has 0 N–H and O–H groups in total. The van der Waals surface area contributed by atoms with Crippen molar-refractivity contribution in [3.8, 4) is 5.75 Å². The predicted molar refractivity (Wildman–Crippen MR) is 136 cm³/mol. The minimum Gasteiger partial charge on any atom is -0.494 e. The number of aromatic nitrogens is 4. The molecule has 1 aliphatic heterocycles. The topological polar surface area (TPSA) is 74.3 Å². The van der Waals surface area contributed by atoms with Gasteiger partial charge in [0.2, 0.25) is 5.95 Å². The lowest BCUT2D eigenvalue weighted by atomic mass is 10.1. The maximum absolute atomic E-state index is 13.4. The van der Waals surface area contributed by atoms with Crippen LogP contribution in [-0.2, 0) is 20.1 Å². The average molecular weight is 468 g/mol. The number of benzene rings is 1. The van der Waals surface area contributed by atoms with Crippen LogP contribution < -0.4 is 20.9 Å². The molecule has 1 aromatic carbocycles. The maximum Gasteiger partial charge on any atom is 0.332 e. The van der Waals surface area contributed by atoms with Crippen LogP contribution in [0, 0.1) is 0 Å². The third-order valence-corrected chi connectivity index (χ3v) is 6.70. The Morgan fingerprint density at radius 2 is 1.59 bits per heavy atom. The van der Waals surface area contributed by atoms with Gasteiger partial charge >= 0.3 is 5.69 Å². The Labute approximate surface area is 200 Å². The lowest BCUT2D eigenvalue weighted by Crippen LogP contribution is -2.39. The number of unbranched alkanes of at least 4 members (excludes halogenated alkanes) is 7. The van der Waals surface area contributed by atoms with Gasteiger partial charge in [0.15, 0.2) is 11.2 Å². The van der Waals surface area contributed by atoms with Crippen LogP contribution in [0.2, 0.25) is 0 Å². The van der Waals surface area contributed by atoms with Gasteiger partial charge in [0.1, 0.15) is 5.75 Å². The summed E-state index contributed by atoms with van der Waals surface area (Å²) >= 11 is 0. The Kier molecular flexibility index (Phi) is 7.75. The second-order valence-electron chi connectivity index (χ2n) is 9.09. The van der Waals surface area contributed by atoms with E-state index in [2.05, 4.69) is 11.8 Å². The first-order chi connectivity index (χ1) is 16.6. The average Bonchev–Trinajstić information content (AvgIpc) is 3.42. The van der Waals surface area contributed by atoms with Gasteiger partial charge in [-0.15, -0.1) is 0 Å². The Balaban J connectivity index is 1.53. The fraction of sp³-hybridized carbons (Fsp3) is 0.577. The highest BCUT2D eigenvalue weighted by Crippen LogP contribution is 2.32. The number of anilines is 2. The molecule has 0 bridgehead atoms. The van der Waals surface area contributed by atoms with Crippen LogP contribution in [0.5, 0.6) is 5.75 Å². The maximum atomic E-state index is 13.4. The van der Waals surface area contributed by atoms with Crippen LogP contribution in [0.15, 0.2) is 33.9 Å². The predicted octanol–water partition coefficient (Wildman–Crippen LogP) is 4.59. The van der Waals surface area contributed by atoms with Crippen molar-refractivity contribution in [2.75, 3.05) is 18.1 Å². The second kappa shape index (κ2) is 10.9. The first-order valence-corrected chi connectivity index (χ1v) is 12.8. The molecule has 8 heteroatoms. The molecule has 184 valence electrons. The minimum absolute atomic E-state index is 0.228. The summed E-state index contributed by atoms with van der Waals surface area (Å²) < 4.78 is 10.4. The molecule has 0 saturated heterocycles. The molecule has 0 aliphatic carbocycles. The molecule has 0 fully saturated rings. The minimum atomic E-state index is -0.287. The smallest absolute Gasteiger partial charge is 0.332 e. The molecule has 0 saturated carbocycles. The number of ether oxygens (including phenoxy) is 1. The molecule has 3 aromatic rings. The van der Waals surface area contributed by atoms with E-state index in [1.807, 2.05) is 35.8 Å². The van der Waals surface area contributed by atoms with Gasteiger partial charge in [0.05, 0.1) is 6.61 Å². The number of hydrogen-bond donors (Lipinski definition) is 0. The standard InChI is InChI=1S/C26H37N5O3/c1-4-6-7-8-9-10-11-12-17-31-24(32)22-23(28(3)26(31)33)27-25-29(18-19-30(22)25)20-13-15-21(16-14-20)34-5-2/h13-16H,4-12,17-19H2,1-3H3. The fourth-order valence-electron chi connectivity index (χ4n) is 4.81. The molecule has 1 aliphatic rings. The van der Waals surface area contributed by atoms with E-state index < -0.39 is 0 Å². The van der Waals surface area contributed by atoms with E-state index in [4.69, 9.17) is 9.72 Å². The number of hydrogen-bond acceptors (Lipinski definition) is 5. The summed E-state index contributed by atoms with van der Waals surface area (Å²) in [5, 5.41) is 0. The van der Waals surface area contributed by atoms with Crippen molar-refractivity contribution in [2.24, 2.45) is 7.05 Å². The van der Waals surface area contributed by atoms with E-state index in [9.17, 15) is 9.59 Å². The molecular formula is C26H37N5O3. The summed E-state index contributed by atoms with van der Waals surface area (Å²) in [5.74, 6) is 1.53. The van der Waals surface area contributed by atoms with Crippen LogP contribution in [0.1, 0.15) is 65.2 Å². The van der Waals surface area contributed by atoms with Crippen LogP contribution in [0.3, 0.4) is 0 Å². The molecule has 4 rings (SSSR count). The Hall–Kier alpha value is -3.03. The number of imidazole rings is 1. The van der Waals surface area contributed by atoms with Gasteiger partial charge in [-0.1, -0.05) is 51.9 Å². The third kappa shape index (κ3) is 4.76. The highest BCUT2D eigenvalue weighted by Gasteiger charge is 2.28. The lowest BCUT2D eigenvalue weighted by Gasteiger charge is -2.16. The monoisotopic (exact) mass is 467 g/mol. The van der Waals surface area contributed by atoms with Gasteiger partial charge in [-0.3, -0.25) is 13.9 Å². The van der Waals surface area contributed by atoms with E-state index in [1.165, 1.54) is 41.2 Å². The molecule has 0 radical (unpaired) electrons. The van der Waals surface area contributed by atoms with Gasteiger partial charge in [0.25, 0.3) is 5.56 Å². The molecule has 0 spiro atoms. The zero-order valence-electron chi connectivity index (χ0n) is 20.8. The summed E-state index contributed by atoms with van der Waals surface area (Å²) in [7, 11) is 1.71. The molecule has 34 heavy (non-hydrogen) atoms. The quantitative estimate of drug-likeness (QED) is 0.364. The largest absolute Gasteiger partial charge is 0.494 e. The Morgan fingerprint density at radius 1 is 0.912 bits per heavy atom. The van der Waals surface area contributed by atoms with E-state index in [-0.39, 0.29) is 11.2 Å². The van der Waals surface area contributed by atoms with Gasteiger partial charge in [-0.05, 0) is 37.6 Å². The van der Waals surface area contributed by atoms with Gasteiger partial charge < -0.3 is 14.2 Å². The Morgan fingerprint density at radius 3 is 2.26 bits per heavy atom. The molecule has 0 amide bonds. The first-order valence-electron chi connectivity index (χ1n) is 12.8. The fourth-order valence-corrected chi connectivity index (χ4v) is 4.81. The van der Waals surface area contributed by atoms with Crippen molar-refractivity contribution in [2.45, 2.75) is 78.3 Å². The van der Waals surface area contributed by atoms with Gasteiger partial charge in [-0.2, -0.15) is 4.98 Å². The summed E-state index contributed by atoms with van der Waals surface area (Å²) in [5.41, 5.74) is 1.44. The number of fused-ring (bicyclic) bond motifs is 3. The molecule has 3 heterocycles. The summed E-state index contributed by atoms with van der Waals surface area (Å²) in [6, 6.07) is 7.88.